The summed E-state index contributed by atoms with van der Waals surface area (Å²) in [6.45, 7) is 0.502. The summed E-state index contributed by atoms with van der Waals surface area (Å²) in [6.07, 6.45) is 3.08. The van der Waals surface area contributed by atoms with Gasteiger partial charge in [-0.2, -0.15) is 5.48 Å². The van der Waals surface area contributed by atoms with Gasteiger partial charge in [0, 0.05) is 0 Å². The topological polar surface area (TPSA) is 56.3 Å². The highest BCUT2D eigenvalue weighted by atomic mass is 16.6. The van der Waals surface area contributed by atoms with Crippen LogP contribution in [-0.4, -0.2) is 24.2 Å². The molecule has 0 atom stereocenters. The van der Waals surface area contributed by atoms with Gasteiger partial charge in [0.1, 0.15) is 12.0 Å². The van der Waals surface area contributed by atoms with Crippen LogP contribution in [0.15, 0.2) is 12.5 Å². The summed E-state index contributed by atoms with van der Waals surface area (Å²) in [6, 6.07) is 0. The maximum absolute atomic E-state index is 5.02. The highest BCUT2D eigenvalue weighted by molar-refractivity contribution is 5.22. The molecule has 0 saturated heterocycles. The van der Waals surface area contributed by atoms with Crippen molar-refractivity contribution >= 4 is 0 Å². The first-order valence-electron chi connectivity index (χ1n) is 3.47. The summed E-state index contributed by atoms with van der Waals surface area (Å²) < 4.78 is 5.02. The minimum absolute atomic E-state index is 0.502. The SMILES string of the molecule is CONCc1ncncc1OC. The lowest BCUT2D eigenvalue weighted by atomic mass is 10.4. The first kappa shape index (κ1) is 8.89. The van der Waals surface area contributed by atoms with Crippen LogP contribution >= 0.6 is 0 Å². The molecule has 66 valence electrons. The zero-order valence-electron chi connectivity index (χ0n) is 7.07. The fourth-order valence-corrected chi connectivity index (χ4v) is 0.786. The van der Waals surface area contributed by atoms with E-state index >= 15 is 0 Å². The average molecular weight is 169 g/mol. The molecule has 0 aliphatic heterocycles. The lowest BCUT2D eigenvalue weighted by Crippen LogP contribution is -2.13. The predicted molar refractivity (Wildman–Crippen MR) is 42.4 cm³/mol. The third-order valence-electron chi connectivity index (χ3n) is 1.36. The standard InChI is InChI=1S/C7H11N3O2/c1-11-7-4-8-5-9-6(7)3-10-12-2/h4-5,10H,3H2,1-2H3. The summed E-state index contributed by atoms with van der Waals surface area (Å²) in [5, 5.41) is 0. The zero-order valence-corrected chi connectivity index (χ0v) is 7.07. The number of hydroxylamine groups is 1. The van der Waals surface area contributed by atoms with E-state index in [2.05, 4.69) is 20.3 Å². The van der Waals surface area contributed by atoms with Crippen molar-refractivity contribution in [3.63, 3.8) is 0 Å². The highest BCUT2D eigenvalue weighted by Gasteiger charge is 2.01. The Balaban J connectivity index is 2.68. The Hall–Kier alpha value is -1.20. The van der Waals surface area contributed by atoms with Gasteiger partial charge in [0.05, 0.1) is 27.0 Å². The second-order valence-corrected chi connectivity index (χ2v) is 2.06. The molecule has 1 N–H and O–H groups in total. The smallest absolute Gasteiger partial charge is 0.160 e. The molecule has 0 unspecified atom stereocenters. The Morgan fingerprint density at radius 3 is 3.00 bits per heavy atom. The lowest BCUT2D eigenvalue weighted by molar-refractivity contribution is 0.0851. The van der Waals surface area contributed by atoms with E-state index in [0.717, 1.165) is 5.69 Å². The van der Waals surface area contributed by atoms with Gasteiger partial charge in [0.15, 0.2) is 5.75 Å². The van der Waals surface area contributed by atoms with Crippen molar-refractivity contribution in [2.75, 3.05) is 14.2 Å². The van der Waals surface area contributed by atoms with E-state index in [1.54, 1.807) is 20.4 Å². The van der Waals surface area contributed by atoms with E-state index in [-0.39, 0.29) is 0 Å². The molecule has 1 aromatic rings. The van der Waals surface area contributed by atoms with Gasteiger partial charge < -0.3 is 9.57 Å². The van der Waals surface area contributed by atoms with Gasteiger partial charge in [-0.3, -0.25) is 0 Å². The van der Waals surface area contributed by atoms with Gasteiger partial charge in [0.25, 0.3) is 0 Å². The van der Waals surface area contributed by atoms with Crippen LogP contribution in [0, 0.1) is 0 Å². The molecule has 5 heteroatoms. The monoisotopic (exact) mass is 169 g/mol. The Labute approximate surface area is 70.7 Å². The van der Waals surface area contributed by atoms with E-state index < -0.39 is 0 Å². The molecule has 0 aromatic carbocycles. The van der Waals surface area contributed by atoms with E-state index in [0.29, 0.717) is 12.3 Å². The maximum Gasteiger partial charge on any atom is 0.160 e. The first-order valence-corrected chi connectivity index (χ1v) is 3.47. The maximum atomic E-state index is 5.02. The van der Waals surface area contributed by atoms with E-state index in [4.69, 9.17) is 4.74 Å². The largest absolute Gasteiger partial charge is 0.493 e. The molecule has 0 aliphatic rings. The van der Waals surface area contributed by atoms with Crippen LogP contribution in [0.1, 0.15) is 5.69 Å². The fraction of sp³-hybridized carbons (Fsp3) is 0.429. The van der Waals surface area contributed by atoms with Crippen molar-refractivity contribution in [3.05, 3.63) is 18.2 Å². The van der Waals surface area contributed by atoms with Gasteiger partial charge in [-0.05, 0) is 0 Å². The number of aromatic nitrogens is 2. The Kier molecular flexibility index (Phi) is 3.43. The number of nitrogens with one attached hydrogen (secondary N) is 1. The summed E-state index contributed by atoms with van der Waals surface area (Å²) in [7, 11) is 3.13. The Morgan fingerprint density at radius 2 is 2.33 bits per heavy atom. The molecule has 1 rings (SSSR count). The predicted octanol–water partition coefficient (Wildman–Crippen LogP) is 0.136. The van der Waals surface area contributed by atoms with E-state index in [1.807, 2.05) is 0 Å². The van der Waals surface area contributed by atoms with Crippen LogP contribution in [0.2, 0.25) is 0 Å². The van der Waals surface area contributed by atoms with Gasteiger partial charge >= 0.3 is 0 Å². The molecular formula is C7H11N3O2. The molecule has 0 spiro atoms. The van der Waals surface area contributed by atoms with Crippen molar-refractivity contribution in [2.45, 2.75) is 6.54 Å². The summed E-state index contributed by atoms with van der Waals surface area (Å²) >= 11 is 0. The molecular weight excluding hydrogens is 158 g/mol. The number of hydrogen-bond donors (Lipinski definition) is 1. The number of hydrogen-bond acceptors (Lipinski definition) is 5. The molecule has 5 nitrogen and oxygen atoms in total. The van der Waals surface area contributed by atoms with Crippen molar-refractivity contribution in [2.24, 2.45) is 0 Å². The molecule has 0 bridgehead atoms. The third-order valence-corrected chi connectivity index (χ3v) is 1.36. The Bertz CT molecular complexity index is 242. The van der Waals surface area contributed by atoms with Crippen molar-refractivity contribution in [1.82, 2.24) is 15.4 Å². The molecule has 0 radical (unpaired) electrons. The normalized spacial score (nSPS) is 9.83. The van der Waals surface area contributed by atoms with Gasteiger partial charge in [-0.15, -0.1) is 0 Å². The van der Waals surface area contributed by atoms with Crippen molar-refractivity contribution in [3.8, 4) is 5.75 Å². The fourth-order valence-electron chi connectivity index (χ4n) is 0.786. The van der Waals surface area contributed by atoms with Crippen molar-refractivity contribution in [1.29, 1.82) is 0 Å². The van der Waals surface area contributed by atoms with Crippen LogP contribution in [0.5, 0.6) is 5.75 Å². The second kappa shape index (κ2) is 4.63. The molecule has 0 aliphatic carbocycles. The van der Waals surface area contributed by atoms with Crippen LogP contribution in [-0.2, 0) is 11.4 Å². The second-order valence-electron chi connectivity index (χ2n) is 2.06. The number of ether oxygens (including phenoxy) is 1. The van der Waals surface area contributed by atoms with E-state index in [1.165, 1.54) is 6.33 Å². The quantitative estimate of drug-likeness (QED) is 0.649. The lowest BCUT2D eigenvalue weighted by Gasteiger charge is -2.05. The summed E-state index contributed by atoms with van der Waals surface area (Å²) in [5.41, 5.74) is 3.44. The molecule has 1 aromatic heterocycles. The minimum Gasteiger partial charge on any atom is -0.493 e. The third kappa shape index (κ3) is 2.14. The molecule has 0 amide bonds. The van der Waals surface area contributed by atoms with E-state index in [9.17, 15) is 0 Å². The van der Waals surface area contributed by atoms with Crippen LogP contribution in [0.3, 0.4) is 0 Å². The van der Waals surface area contributed by atoms with Crippen molar-refractivity contribution < 1.29 is 9.57 Å². The number of rotatable bonds is 4. The minimum atomic E-state index is 0.502. The molecule has 12 heavy (non-hydrogen) atoms. The van der Waals surface area contributed by atoms with Gasteiger partial charge in [-0.25, -0.2) is 9.97 Å². The Morgan fingerprint density at radius 1 is 1.50 bits per heavy atom. The number of methoxy groups -OCH3 is 1. The highest BCUT2D eigenvalue weighted by Crippen LogP contribution is 2.11. The zero-order chi connectivity index (χ0) is 8.81. The van der Waals surface area contributed by atoms with Crippen LogP contribution in [0.25, 0.3) is 0 Å². The first-order chi connectivity index (χ1) is 5.88. The van der Waals surface area contributed by atoms with Gasteiger partial charge in [-0.1, -0.05) is 0 Å². The number of nitrogens with zero attached hydrogens (tertiary/aromatic N) is 2. The van der Waals surface area contributed by atoms with Crippen LogP contribution in [0.4, 0.5) is 0 Å². The van der Waals surface area contributed by atoms with Crippen LogP contribution < -0.4 is 10.2 Å². The molecule has 1 heterocycles. The summed E-state index contributed by atoms with van der Waals surface area (Å²) in [4.78, 5) is 12.5. The summed E-state index contributed by atoms with van der Waals surface area (Å²) in [5.74, 6) is 0.655. The molecule has 0 fully saturated rings. The van der Waals surface area contributed by atoms with Gasteiger partial charge in [0.2, 0.25) is 0 Å². The molecule has 0 saturated carbocycles. The average Bonchev–Trinajstić information content (AvgIpc) is 2.15.